The molecule has 1 amide bonds. The summed E-state index contributed by atoms with van der Waals surface area (Å²) in [5.74, 6) is 0.974. The Hall–Kier alpha value is -2.17. The smallest absolute Gasteiger partial charge is 0.248 e. The van der Waals surface area contributed by atoms with Crippen LogP contribution < -0.4 is 14.8 Å². The summed E-state index contributed by atoms with van der Waals surface area (Å²) in [4.78, 5) is 12.0. The Morgan fingerprint density at radius 3 is 2.59 bits per heavy atom. The van der Waals surface area contributed by atoms with Gasteiger partial charge in [0.15, 0.2) is 11.5 Å². The molecule has 3 rings (SSSR count). The SMILES string of the molecule is O=C(/C=C/c1c(Cl)cccc1Cl)Nc1ccc2c(c1)OCO2. The molecule has 0 saturated carbocycles. The molecule has 2 aromatic rings. The maximum Gasteiger partial charge on any atom is 0.248 e. The monoisotopic (exact) mass is 335 g/mol. The molecule has 0 saturated heterocycles. The topological polar surface area (TPSA) is 47.6 Å². The summed E-state index contributed by atoms with van der Waals surface area (Å²) in [6.07, 6.45) is 2.95. The van der Waals surface area contributed by atoms with E-state index in [9.17, 15) is 4.79 Å². The van der Waals surface area contributed by atoms with Crippen molar-refractivity contribution in [1.29, 1.82) is 0 Å². The molecular formula is C16H11Cl2NO3. The second-order valence-electron chi connectivity index (χ2n) is 4.53. The second-order valence-corrected chi connectivity index (χ2v) is 5.34. The average molecular weight is 336 g/mol. The van der Waals surface area contributed by atoms with E-state index in [1.54, 1.807) is 42.5 Å². The van der Waals surface area contributed by atoms with Crippen molar-refractivity contribution in [1.82, 2.24) is 0 Å². The Balaban J connectivity index is 1.71. The number of anilines is 1. The van der Waals surface area contributed by atoms with Crippen LogP contribution in [0, 0.1) is 0 Å². The van der Waals surface area contributed by atoms with Crippen LogP contribution in [0.2, 0.25) is 10.0 Å². The lowest BCUT2D eigenvalue weighted by Crippen LogP contribution is -2.07. The van der Waals surface area contributed by atoms with Crippen LogP contribution in [0.1, 0.15) is 5.56 Å². The molecule has 0 spiro atoms. The number of fused-ring (bicyclic) bond motifs is 1. The molecule has 0 aliphatic carbocycles. The van der Waals surface area contributed by atoms with E-state index < -0.39 is 0 Å². The highest BCUT2D eigenvalue weighted by Crippen LogP contribution is 2.34. The van der Waals surface area contributed by atoms with Crippen LogP contribution in [0.5, 0.6) is 11.5 Å². The molecule has 0 fully saturated rings. The zero-order chi connectivity index (χ0) is 15.5. The first-order valence-electron chi connectivity index (χ1n) is 6.46. The highest BCUT2D eigenvalue weighted by molar-refractivity contribution is 6.37. The molecule has 22 heavy (non-hydrogen) atoms. The molecule has 1 heterocycles. The largest absolute Gasteiger partial charge is 0.454 e. The first-order chi connectivity index (χ1) is 10.6. The average Bonchev–Trinajstić information content (AvgIpc) is 2.94. The van der Waals surface area contributed by atoms with E-state index in [0.717, 1.165) is 0 Å². The zero-order valence-corrected chi connectivity index (χ0v) is 12.8. The summed E-state index contributed by atoms with van der Waals surface area (Å²) >= 11 is 12.1. The van der Waals surface area contributed by atoms with Crippen molar-refractivity contribution in [2.75, 3.05) is 12.1 Å². The van der Waals surface area contributed by atoms with Gasteiger partial charge in [0, 0.05) is 33.4 Å². The van der Waals surface area contributed by atoms with Crippen molar-refractivity contribution in [2.24, 2.45) is 0 Å². The number of carbonyl (C=O) groups excluding carboxylic acids is 1. The van der Waals surface area contributed by atoms with Gasteiger partial charge in [0.2, 0.25) is 12.7 Å². The quantitative estimate of drug-likeness (QED) is 0.847. The van der Waals surface area contributed by atoms with Gasteiger partial charge in [0.25, 0.3) is 0 Å². The number of benzene rings is 2. The first-order valence-corrected chi connectivity index (χ1v) is 7.22. The lowest BCUT2D eigenvalue weighted by Gasteiger charge is -2.04. The van der Waals surface area contributed by atoms with Gasteiger partial charge >= 0.3 is 0 Å². The van der Waals surface area contributed by atoms with Crippen LogP contribution in [0.3, 0.4) is 0 Å². The van der Waals surface area contributed by atoms with Crippen LogP contribution in [0.4, 0.5) is 5.69 Å². The summed E-state index contributed by atoms with van der Waals surface area (Å²) in [5.41, 5.74) is 1.22. The molecule has 0 aromatic heterocycles. The lowest BCUT2D eigenvalue weighted by atomic mass is 10.2. The van der Waals surface area contributed by atoms with Crippen molar-refractivity contribution in [3.8, 4) is 11.5 Å². The van der Waals surface area contributed by atoms with E-state index in [0.29, 0.717) is 32.8 Å². The molecule has 1 aliphatic heterocycles. The zero-order valence-electron chi connectivity index (χ0n) is 11.3. The Bertz CT molecular complexity index is 739. The summed E-state index contributed by atoms with van der Waals surface area (Å²) in [5, 5.41) is 3.70. The minimum atomic E-state index is -0.296. The Labute approximate surface area is 137 Å². The van der Waals surface area contributed by atoms with E-state index >= 15 is 0 Å². The van der Waals surface area contributed by atoms with Gasteiger partial charge in [-0.15, -0.1) is 0 Å². The number of amides is 1. The maximum atomic E-state index is 12.0. The van der Waals surface area contributed by atoms with Crippen molar-refractivity contribution >= 4 is 40.9 Å². The van der Waals surface area contributed by atoms with E-state index in [-0.39, 0.29) is 12.7 Å². The van der Waals surface area contributed by atoms with Crippen molar-refractivity contribution in [3.63, 3.8) is 0 Å². The second kappa shape index (κ2) is 6.30. The van der Waals surface area contributed by atoms with Crippen LogP contribution >= 0.6 is 23.2 Å². The lowest BCUT2D eigenvalue weighted by molar-refractivity contribution is -0.111. The molecule has 0 atom stereocenters. The normalized spacial score (nSPS) is 12.6. The minimum Gasteiger partial charge on any atom is -0.454 e. The third-order valence-corrected chi connectivity index (χ3v) is 3.70. The van der Waals surface area contributed by atoms with Crippen LogP contribution in [-0.2, 0) is 4.79 Å². The van der Waals surface area contributed by atoms with Crippen molar-refractivity contribution in [2.45, 2.75) is 0 Å². The summed E-state index contributed by atoms with van der Waals surface area (Å²) in [7, 11) is 0. The Kier molecular flexibility index (Phi) is 4.22. The number of hydrogen-bond acceptors (Lipinski definition) is 3. The number of rotatable bonds is 3. The summed E-state index contributed by atoms with van der Waals surface area (Å²) < 4.78 is 10.5. The fraction of sp³-hybridized carbons (Fsp3) is 0.0625. The maximum absolute atomic E-state index is 12.0. The van der Waals surface area contributed by atoms with E-state index in [2.05, 4.69) is 5.32 Å². The molecule has 1 N–H and O–H groups in total. The summed E-state index contributed by atoms with van der Waals surface area (Å²) in [6, 6.07) is 10.4. The Morgan fingerprint density at radius 2 is 1.82 bits per heavy atom. The first kappa shape index (κ1) is 14.8. The molecule has 6 heteroatoms. The minimum absolute atomic E-state index is 0.192. The molecule has 4 nitrogen and oxygen atoms in total. The highest BCUT2D eigenvalue weighted by atomic mass is 35.5. The van der Waals surface area contributed by atoms with E-state index in [4.69, 9.17) is 32.7 Å². The van der Waals surface area contributed by atoms with Gasteiger partial charge in [-0.25, -0.2) is 0 Å². The molecule has 112 valence electrons. The number of carbonyl (C=O) groups is 1. The predicted molar refractivity (Wildman–Crippen MR) is 86.7 cm³/mol. The molecule has 1 aliphatic rings. The molecule has 2 aromatic carbocycles. The van der Waals surface area contributed by atoms with Gasteiger partial charge < -0.3 is 14.8 Å². The van der Waals surface area contributed by atoms with Crippen molar-refractivity contribution in [3.05, 3.63) is 58.1 Å². The molecule has 0 unspecified atom stereocenters. The van der Waals surface area contributed by atoms with E-state index in [1.807, 2.05) is 0 Å². The Morgan fingerprint density at radius 1 is 1.09 bits per heavy atom. The predicted octanol–water partition coefficient (Wildman–Crippen LogP) is 4.37. The van der Waals surface area contributed by atoms with Gasteiger partial charge in [0.05, 0.1) is 0 Å². The van der Waals surface area contributed by atoms with Gasteiger partial charge in [-0.1, -0.05) is 29.3 Å². The van der Waals surface area contributed by atoms with Gasteiger partial charge in [-0.3, -0.25) is 4.79 Å². The van der Waals surface area contributed by atoms with Crippen LogP contribution in [0.15, 0.2) is 42.5 Å². The highest BCUT2D eigenvalue weighted by Gasteiger charge is 2.13. The van der Waals surface area contributed by atoms with Crippen LogP contribution in [-0.4, -0.2) is 12.7 Å². The van der Waals surface area contributed by atoms with E-state index in [1.165, 1.54) is 6.08 Å². The van der Waals surface area contributed by atoms with Gasteiger partial charge in [-0.2, -0.15) is 0 Å². The third kappa shape index (κ3) is 3.18. The molecule has 0 radical (unpaired) electrons. The van der Waals surface area contributed by atoms with Crippen LogP contribution in [0.25, 0.3) is 6.08 Å². The number of halogens is 2. The third-order valence-electron chi connectivity index (χ3n) is 3.04. The number of hydrogen-bond donors (Lipinski definition) is 1. The van der Waals surface area contributed by atoms with Crippen molar-refractivity contribution < 1.29 is 14.3 Å². The van der Waals surface area contributed by atoms with Gasteiger partial charge in [-0.05, 0) is 30.3 Å². The fourth-order valence-electron chi connectivity index (χ4n) is 1.99. The molecular weight excluding hydrogens is 325 g/mol. The van der Waals surface area contributed by atoms with Gasteiger partial charge in [0.1, 0.15) is 0 Å². The molecule has 0 bridgehead atoms. The fourth-order valence-corrected chi connectivity index (χ4v) is 2.51. The summed E-state index contributed by atoms with van der Waals surface area (Å²) in [6.45, 7) is 0.192. The number of nitrogens with one attached hydrogen (secondary N) is 1. The standard InChI is InChI=1S/C16H11Cl2NO3/c17-12-2-1-3-13(18)11(12)5-7-16(20)19-10-4-6-14-15(8-10)22-9-21-14/h1-8H,9H2,(H,19,20)/b7-5+. The number of ether oxygens (including phenoxy) is 2.